The van der Waals surface area contributed by atoms with Crippen molar-refractivity contribution in [3.05, 3.63) is 29.8 Å². The van der Waals surface area contributed by atoms with E-state index >= 15 is 0 Å². The van der Waals surface area contributed by atoms with Crippen LogP contribution in [0, 0.1) is 0 Å². The Labute approximate surface area is 123 Å². The zero-order chi connectivity index (χ0) is 14.1. The Morgan fingerprint density at radius 3 is 3.05 bits per heavy atom. The van der Waals surface area contributed by atoms with Crippen LogP contribution in [-0.2, 0) is 16.0 Å². The zero-order valence-corrected chi connectivity index (χ0v) is 12.4. The highest BCUT2D eigenvalue weighted by atomic mass is 32.2. The van der Waals surface area contributed by atoms with Crippen molar-refractivity contribution < 1.29 is 9.53 Å². The highest BCUT2D eigenvalue weighted by Crippen LogP contribution is 2.37. The Bertz CT molecular complexity index is 481. The molecule has 0 spiro atoms. The number of nitrogens with zero attached hydrogens (tertiary/aromatic N) is 1. The number of benzene rings is 1. The summed E-state index contributed by atoms with van der Waals surface area (Å²) in [6, 6.07) is 8.23. The number of ether oxygens (including phenoxy) is 1. The summed E-state index contributed by atoms with van der Waals surface area (Å²) in [5.74, 6) is 0.222. The van der Waals surface area contributed by atoms with E-state index in [1.165, 1.54) is 10.5 Å². The van der Waals surface area contributed by atoms with Gasteiger partial charge in [-0.1, -0.05) is 18.2 Å². The fourth-order valence-corrected chi connectivity index (χ4v) is 4.00. The fraction of sp³-hybridized carbons (Fsp3) is 0.533. The van der Waals surface area contributed by atoms with Crippen LogP contribution < -0.4 is 5.73 Å². The second-order valence-corrected chi connectivity index (χ2v) is 6.72. The Morgan fingerprint density at radius 2 is 2.30 bits per heavy atom. The van der Waals surface area contributed by atoms with Gasteiger partial charge < -0.3 is 15.4 Å². The second kappa shape index (κ2) is 5.76. The quantitative estimate of drug-likeness (QED) is 0.892. The molecule has 20 heavy (non-hydrogen) atoms. The smallest absolute Gasteiger partial charge is 0.236 e. The third-order valence-electron chi connectivity index (χ3n) is 3.91. The summed E-state index contributed by atoms with van der Waals surface area (Å²) < 4.78 is 5.62. The van der Waals surface area contributed by atoms with Gasteiger partial charge in [0.15, 0.2) is 0 Å². The first-order valence-corrected chi connectivity index (χ1v) is 7.93. The number of rotatable bonds is 2. The van der Waals surface area contributed by atoms with Crippen LogP contribution in [0.1, 0.15) is 12.5 Å². The molecule has 2 N–H and O–H groups in total. The summed E-state index contributed by atoms with van der Waals surface area (Å²) in [6.45, 7) is 3.81. The van der Waals surface area contributed by atoms with Crippen molar-refractivity contribution in [1.82, 2.24) is 4.90 Å². The molecule has 1 saturated heterocycles. The molecule has 1 amide bonds. The molecule has 0 saturated carbocycles. The predicted octanol–water partition coefficient (Wildman–Crippen LogP) is 1.28. The molecule has 0 aliphatic carbocycles. The van der Waals surface area contributed by atoms with Gasteiger partial charge in [0.05, 0.1) is 18.0 Å². The molecule has 1 aromatic rings. The summed E-state index contributed by atoms with van der Waals surface area (Å²) in [6.07, 6.45) is 0.793. The minimum absolute atomic E-state index is 0.0132. The van der Waals surface area contributed by atoms with Gasteiger partial charge >= 0.3 is 0 Å². The van der Waals surface area contributed by atoms with Crippen LogP contribution >= 0.6 is 11.8 Å². The van der Waals surface area contributed by atoms with Crippen molar-refractivity contribution >= 4 is 17.7 Å². The molecule has 1 fully saturated rings. The maximum atomic E-state index is 12.6. The molecule has 0 radical (unpaired) electrons. The Balaban J connectivity index is 1.66. The van der Waals surface area contributed by atoms with E-state index in [1.807, 2.05) is 24.0 Å². The predicted molar refractivity (Wildman–Crippen MR) is 79.8 cm³/mol. The summed E-state index contributed by atoms with van der Waals surface area (Å²) in [5.41, 5.74) is 7.17. The molecular weight excluding hydrogens is 272 g/mol. The normalized spacial score (nSPS) is 27.2. The lowest BCUT2D eigenvalue weighted by molar-refractivity contribution is -0.138. The van der Waals surface area contributed by atoms with Gasteiger partial charge in [-0.25, -0.2) is 0 Å². The molecule has 3 atom stereocenters. The zero-order valence-electron chi connectivity index (χ0n) is 11.6. The van der Waals surface area contributed by atoms with Gasteiger partial charge in [0.1, 0.15) is 0 Å². The van der Waals surface area contributed by atoms with Crippen LogP contribution in [-0.4, -0.2) is 47.9 Å². The third kappa shape index (κ3) is 2.71. The van der Waals surface area contributed by atoms with Crippen molar-refractivity contribution in [2.24, 2.45) is 5.73 Å². The van der Waals surface area contributed by atoms with Gasteiger partial charge in [0.25, 0.3) is 0 Å². The first-order valence-electron chi connectivity index (χ1n) is 7.05. The molecule has 108 valence electrons. The number of nitrogens with two attached hydrogens (primary N) is 1. The van der Waals surface area contributed by atoms with Crippen LogP contribution in [0.3, 0.4) is 0 Å². The molecule has 0 bridgehead atoms. The number of hydrogen-bond acceptors (Lipinski definition) is 4. The molecule has 2 heterocycles. The highest BCUT2D eigenvalue weighted by molar-refractivity contribution is 8.01. The van der Waals surface area contributed by atoms with Crippen molar-refractivity contribution in [2.45, 2.75) is 35.6 Å². The van der Waals surface area contributed by atoms with Gasteiger partial charge in [0.2, 0.25) is 5.91 Å². The standard InChI is InChI=1S/C15H20N2O2S/c1-10(16)12-9-17(6-7-19-12)15(18)14-8-11-4-2-3-5-13(11)20-14/h2-5,10,12,14H,6-9,16H2,1H3. The van der Waals surface area contributed by atoms with E-state index in [1.54, 1.807) is 11.8 Å². The van der Waals surface area contributed by atoms with E-state index in [0.717, 1.165) is 6.42 Å². The molecule has 1 aromatic carbocycles. The maximum absolute atomic E-state index is 12.6. The first-order chi connectivity index (χ1) is 9.65. The molecule has 3 unspecified atom stereocenters. The number of carbonyl (C=O) groups excluding carboxylic acids is 1. The minimum Gasteiger partial charge on any atom is -0.373 e. The third-order valence-corrected chi connectivity index (χ3v) is 5.22. The topological polar surface area (TPSA) is 55.6 Å². The van der Waals surface area contributed by atoms with Gasteiger partial charge in [-0.05, 0) is 25.0 Å². The fourth-order valence-electron chi connectivity index (χ4n) is 2.72. The van der Waals surface area contributed by atoms with E-state index in [4.69, 9.17) is 10.5 Å². The lowest BCUT2D eigenvalue weighted by atomic mass is 10.1. The van der Waals surface area contributed by atoms with E-state index in [0.29, 0.717) is 19.7 Å². The van der Waals surface area contributed by atoms with Crippen LogP contribution in [0.4, 0.5) is 0 Å². The number of morpholine rings is 1. The number of thioether (sulfide) groups is 1. The van der Waals surface area contributed by atoms with Gasteiger partial charge in [0, 0.05) is 24.0 Å². The largest absolute Gasteiger partial charge is 0.373 e. The van der Waals surface area contributed by atoms with Gasteiger partial charge in [-0.15, -0.1) is 11.8 Å². The van der Waals surface area contributed by atoms with Gasteiger partial charge in [-0.2, -0.15) is 0 Å². The molecular formula is C15H20N2O2S. The number of fused-ring (bicyclic) bond motifs is 1. The van der Waals surface area contributed by atoms with Crippen molar-refractivity contribution in [3.8, 4) is 0 Å². The van der Waals surface area contributed by atoms with E-state index in [2.05, 4.69) is 12.1 Å². The van der Waals surface area contributed by atoms with Gasteiger partial charge in [-0.3, -0.25) is 4.79 Å². The van der Waals surface area contributed by atoms with Crippen LogP contribution in [0.15, 0.2) is 29.2 Å². The molecule has 5 heteroatoms. The maximum Gasteiger partial charge on any atom is 0.236 e. The average molecular weight is 292 g/mol. The Morgan fingerprint density at radius 1 is 1.50 bits per heavy atom. The Kier molecular flexibility index (Phi) is 4.01. The SMILES string of the molecule is CC(N)C1CN(C(=O)C2Cc3ccccc3S2)CCO1. The van der Waals surface area contributed by atoms with Crippen molar-refractivity contribution in [2.75, 3.05) is 19.7 Å². The lowest BCUT2D eigenvalue weighted by Crippen LogP contribution is -2.53. The highest BCUT2D eigenvalue weighted by Gasteiger charge is 2.34. The molecule has 3 rings (SSSR count). The summed E-state index contributed by atoms with van der Waals surface area (Å²) in [7, 11) is 0. The van der Waals surface area contributed by atoms with Crippen molar-refractivity contribution in [3.63, 3.8) is 0 Å². The molecule has 4 nitrogen and oxygen atoms in total. The molecule has 2 aliphatic heterocycles. The van der Waals surface area contributed by atoms with Crippen LogP contribution in [0.2, 0.25) is 0 Å². The van der Waals surface area contributed by atoms with Crippen LogP contribution in [0.5, 0.6) is 0 Å². The average Bonchev–Trinajstić information content (AvgIpc) is 2.90. The lowest BCUT2D eigenvalue weighted by Gasteiger charge is -2.35. The summed E-state index contributed by atoms with van der Waals surface area (Å²) in [4.78, 5) is 15.8. The van der Waals surface area contributed by atoms with Crippen LogP contribution in [0.25, 0.3) is 0 Å². The molecule has 2 aliphatic rings. The van der Waals surface area contributed by atoms with E-state index < -0.39 is 0 Å². The number of carbonyl (C=O) groups is 1. The van der Waals surface area contributed by atoms with E-state index in [9.17, 15) is 4.79 Å². The first kappa shape index (κ1) is 13.9. The molecule has 0 aromatic heterocycles. The second-order valence-electron chi connectivity index (χ2n) is 5.47. The summed E-state index contributed by atoms with van der Waals surface area (Å²) >= 11 is 1.68. The van der Waals surface area contributed by atoms with E-state index in [-0.39, 0.29) is 23.3 Å². The van der Waals surface area contributed by atoms with Crippen molar-refractivity contribution in [1.29, 1.82) is 0 Å². The number of amides is 1. The monoisotopic (exact) mass is 292 g/mol. The Hall–Kier alpha value is -1.04. The number of hydrogen-bond donors (Lipinski definition) is 1. The summed E-state index contributed by atoms with van der Waals surface area (Å²) in [5, 5.41) is 0.0132. The minimum atomic E-state index is -0.0426.